The summed E-state index contributed by atoms with van der Waals surface area (Å²) in [4.78, 5) is 2.47. The van der Waals surface area contributed by atoms with Gasteiger partial charge in [0.2, 0.25) is 5.13 Å². The van der Waals surface area contributed by atoms with Gasteiger partial charge in [0.15, 0.2) is 5.75 Å². The van der Waals surface area contributed by atoms with E-state index in [-0.39, 0.29) is 21.6 Å². The van der Waals surface area contributed by atoms with Crippen molar-refractivity contribution in [3.63, 3.8) is 0 Å². The minimum atomic E-state index is -4.84. The predicted molar refractivity (Wildman–Crippen MR) is 91.5 cm³/mol. The number of azo groups is 1. The molecule has 3 N–H and O–H groups in total. The summed E-state index contributed by atoms with van der Waals surface area (Å²) in [7, 11) is -9.39. The number of aromatic nitrogens is 1. The molecular weight excluding hydrogens is 406 g/mol. The monoisotopic (exact) mass is 415 g/mol. The van der Waals surface area contributed by atoms with Crippen LogP contribution in [0.25, 0.3) is 10.8 Å². The van der Waals surface area contributed by atoms with E-state index in [2.05, 4.69) is 15.2 Å². The fourth-order valence-electron chi connectivity index (χ4n) is 2.15. The highest BCUT2D eigenvalue weighted by atomic mass is 32.2. The van der Waals surface area contributed by atoms with E-state index in [0.717, 1.165) is 29.5 Å². The molecule has 0 fully saturated rings. The van der Waals surface area contributed by atoms with Crippen molar-refractivity contribution >= 4 is 53.2 Å². The maximum Gasteiger partial charge on any atom is 0.298 e. The van der Waals surface area contributed by atoms with E-state index in [0.29, 0.717) is 0 Å². The van der Waals surface area contributed by atoms with Crippen LogP contribution in [-0.4, -0.2) is 36.0 Å². The van der Waals surface area contributed by atoms with Crippen LogP contribution >= 0.6 is 11.3 Å². The average Bonchev–Trinajstić information content (AvgIpc) is 3.04. The first-order valence-corrected chi connectivity index (χ1v) is 10.4. The fourth-order valence-corrected chi connectivity index (χ4v) is 3.73. The second-order valence-corrected chi connectivity index (χ2v) is 8.60. The van der Waals surface area contributed by atoms with Gasteiger partial charge in [-0.3, -0.25) is 9.11 Å². The molecule has 0 spiro atoms. The Balaban J connectivity index is 2.35. The highest BCUT2D eigenvalue weighted by Crippen LogP contribution is 2.41. The lowest BCUT2D eigenvalue weighted by atomic mass is 10.1. The average molecular weight is 415 g/mol. The Hall–Kier alpha value is -2.45. The summed E-state index contributed by atoms with van der Waals surface area (Å²) in [6, 6.07) is 4.09. The molecule has 0 atom stereocenters. The molecule has 0 aliphatic heterocycles. The number of nitrogens with zero attached hydrogens (tertiary/aromatic N) is 3. The third-order valence-corrected chi connectivity index (χ3v) is 5.63. The van der Waals surface area contributed by atoms with Crippen LogP contribution in [-0.2, 0) is 20.2 Å². The topological polar surface area (TPSA) is 167 Å². The van der Waals surface area contributed by atoms with Crippen LogP contribution < -0.4 is 0 Å². The summed E-state index contributed by atoms with van der Waals surface area (Å²) in [6.07, 6.45) is 1.46. The molecule has 13 heteroatoms. The van der Waals surface area contributed by atoms with Crippen molar-refractivity contribution < 1.29 is 31.0 Å². The molecular formula is C13H9N3O7S3. The molecule has 1 aromatic heterocycles. The number of phenolic OH excluding ortho intramolecular Hbond substituents is 1. The summed E-state index contributed by atoms with van der Waals surface area (Å²) >= 11 is 1.14. The molecule has 0 saturated heterocycles. The molecule has 0 amide bonds. The van der Waals surface area contributed by atoms with Crippen molar-refractivity contribution in [1.29, 1.82) is 0 Å². The first-order chi connectivity index (χ1) is 12.1. The second-order valence-electron chi connectivity index (χ2n) is 4.92. The van der Waals surface area contributed by atoms with Crippen LogP contribution in [0.5, 0.6) is 5.75 Å². The van der Waals surface area contributed by atoms with Gasteiger partial charge in [-0.1, -0.05) is 6.07 Å². The van der Waals surface area contributed by atoms with E-state index in [4.69, 9.17) is 4.55 Å². The minimum absolute atomic E-state index is 0.0151. The number of fused-ring (bicyclic) bond motifs is 1. The molecule has 0 aliphatic carbocycles. The highest BCUT2D eigenvalue weighted by Gasteiger charge is 2.22. The van der Waals surface area contributed by atoms with Crippen molar-refractivity contribution in [2.75, 3.05) is 0 Å². The Morgan fingerprint density at radius 3 is 2.31 bits per heavy atom. The number of hydrogen-bond donors (Lipinski definition) is 3. The first-order valence-electron chi connectivity index (χ1n) is 6.63. The molecule has 136 valence electrons. The van der Waals surface area contributed by atoms with Gasteiger partial charge >= 0.3 is 0 Å². The zero-order valence-corrected chi connectivity index (χ0v) is 15.0. The van der Waals surface area contributed by atoms with Gasteiger partial charge in [0.1, 0.15) is 10.6 Å². The normalized spacial score (nSPS) is 12.8. The first kappa shape index (κ1) is 18.3. The zero-order valence-electron chi connectivity index (χ0n) is 12.5. The Labute approximate surface area is 151 Å². The molecule has 0 radical (unpaired) electrons. The zero-order chi connectivity index (χ0) is 19.1. The van der Waals surface area contributed by atoms with Crippen LogP contribution in [0.2, 0.25) is 0 Å². The lowest BCUT2D eigenvalue weighted by molar-refractivity contribution is 0.445. The van der Waals surface area contributed by atoms with Crippen molar-refractivity contribution in [1.82, 2.24) is 4.98 Å². The molecule has 3 aromatic rings. The van der Waals surface area contributed by atoms with Gasteiger partial charge in [-0.15, -0.1) is 21.6 Å². The third-order valence-electron chi connectivity index (χ3n) is 3.25. The van der Waals surface area contributed by atoms with Gasteiger partial charge < -0.3 is 5.11 Å². The molecule has 26 heavy (non-hydrogen) atoms. The Morgan fingerprint density at radius 2 is 1.73 bits per heavy atom. The Morgan fingerprint density at radius 1 is 1.00 bits per heavy atom. The smallest absolute Gasteiger partial charge is 0.298 e. The van der Waals surface area contributed by atoms with Gasteiger partial charge in [-0.2, -0.15) is 16.8 Å². The molecule has 3 rings (SSSR count). The largest absolute Gasteiger partial charge is 0.504 e. The SMILES string of the molecule is O=S(=O)(O)c1ccc2c(N=Nc3nccs3)c(O)c(S(=O)(=O)O)cc2c1. The molecule has 0 bridgehead atoms. The lowest BCUT2D eigenvalue weighted by Gasteiger charge is -2.09. The maximum atomic E-state index is 11.5. The van der Waals surface area contributed by atoms with Crippen LogP contribution in [0, 0.1) is 0 Å². The summed E-state index contributed by atoms with van der Waals surface area (Å²) in [5, 5.41) is 19.7. The van der Waals surface area contributed by atoms with E-state index < -0.39 is 35.8 Å². The molecule has 0 unspecified atom stereocenters. The summed E-state index contributed by atoms with van der Waals surface area (Å²) in [5.41, 5.74) is -0.313. The number of hydrogen-bond acceptors (Lipinski definition) is 9. The maximum absolute atomic E-state index is 11.5. The number of rotatable bonds is 4. The van der Waals surface area contributed by atoms with Crippen molar-refractivity contribution in [2.45, 2.75) is 9.79 Å². The number of aromatic hydroxyl groups is 1. The predicted octanol–water partition coefficient (Wildman–Crippen LogP) is 2.91. The fraction of sp³-hybridized carbons (Fsp3) is 0. The second kappa shape index (κ2) is 6.37. The summed E-state index contributed by atoms with van der Waals surface area (Å²) in [5.74, 6) is -0.861. The van der Waals surface area contributed by atoms with Crippen molar-refractivity contribution in [3.8, 4) is 5.75 Å². The minimum Gasteiger partial charge on any atom is -0.504 e. The molecule has 1 heterocycles. The molecule has 10 nitrogen and oxygen atoms in total. The molecule has 2 aromatic carbocycles. The van der Waals surface area contributed by atoms with Gasteiger partial charge in [-0.25, -0.2) is 4.98 Å². The Kier molecular flexibility index (Phi) is 4.49. The van der Waals surface area contributed by atoms with Crippen LogP contribution in [0.3, 0.4) is 0 Å². The highest BCUT2D eigenvalue weighted by molar-refractivity contribution is 7.86. The van der Waals surface area contributed by atoms with E-state index in [9.17, 15) is 26.5 Å². The summed E-state index contributed by atoms with van der Waals surface area (Å²) < 4.78 is 64.0. The van der Waals surface area contributed by atoms with E-state index >= 15 is 0 Å². The van der Waals surface area contributed by atoms with Gasteiger partial charge in [0, 0.05) is 17.0 Å². The third kappa shape index (κ3) is 3.56. The number of benzene rings is 2. The van der Waals surface area contributed by atoms with E-state index in [1.54, 1.807) is 5.38 Å². The van der Waals surface area contributed by atoms with Crippen LogP contribution in [0.15, 0.2) is 55.9 Å². The standard InChI is InChI=1S/C13H9N3O7S3/c17-12-10(26(21,22)23)6-7-5-8(25(18,19)20)1-2-9(7)11(12)15-16-13-14-3-4-24-13/h1-6,17H,(H,18,19,20)(H,21,22,23). The lowest BCUT2D eigenvalue weighted by Crippen LogP contribution is -2.00. The van der Waals surface area contributed by atoms with Gasteiger partial charge in [0.25, 0.3) is 20.2 Å². The summed E-state index contributed by atoms with van der Waals surface area (Å²) in [6.45, 7) is 0. The van der Waals surface area contributed by atoms with Gasteiger partial charge in [0.05, 0.1) is 4.90 Å². The van der Waals surface area contributed by atoms with Crippen LogP contribution in [0.4, 0.5) is 10.8 Å². The number of thiazole rings is 1. The van der Waals surface area contributed by atoms with Crippen molar-refractivity contribution in [3.05, 3.63) is 35.8 Å². The molecule has 0 saturated carbocycles. The van der Waals surface area contributed by atoms with E-state index in [1.807, 2.05) is 0 Å². The van der Waals surface area contributed by atoms with Gasteiger partial charge in [-0.05, 0) is 23.6 Å². The Bertz CT molecular complexity index is 1230. The van der Waals surface area contributed by atoms with E-state index in [1.165, 1.54) is 12.3 Å². The molecule has 0 aliphatic rings. The van der Waals surface area contributed by atoms with Crippen molar-refractivity contribution in [2.24, 2.45) is 10.2 Å². The van der Waals surface area contributed by atoms with Crippen LogP contribution in [0.1, 0.15) is 0 Å². The quantitative estimate of drug-likeness (QED) is 0.432. The number of phenols is 1.